The molecule has 1 atom stereocenters. The average Bonchev–Trinajstić information content (AvgIpc) is 3.44. The summed E-state index contributed by atoms with van der Waals surface area (Å²) in [6.07, 6.45) is 2.96. The second-order valence-electron chi connectivity index (χ2n) is 11.0. The van der Waals surface area contributed by atoms with Crippen LogP contribution in [0.1, 0.15) is 61.0 Å². The van der Waals surface area contributed by atoms with E-state index in [-0.39, 0.29) is 29.5 Å². The molecular formula is C34H40ClFN2O7. The van der Waals surface area contributed by atoms with Gasteiger partial charge in [0.1, 0.15) is 5.82 Å². The van der Waals surface area contributed by atoms with Crippen LogP contribution in [-0.4, -0.2) is 76.0 Å². The third kappa shape index (κ3) is 10.1. The first-order chi connectivity index (χ1) is 21.7. The van der Waals surface area contributed by atoms with Crippen LogP contribution >= 0.6 is 11.6 Å². The zero-order valence-electron chi connectivity index (χ0n) is 25.3. The van der Waals surface area contributed by atoms with Gasteiger partial charge in [-0.1, -0.05) is 17.3 Å². The lowest BCUT2D eigenvalue weighted by atomic mass is 9.91. The van der Waals surface area contributed by atoms with Crippen molar-refractivity contribution < 1.29 is 38.5 Å². The fraction of sp³-hybridized carbons (Fsp3) is 0.412. The van der Waals surface area contributed by atoms with Crippen molar-refractivity contribution in [3.05, 3.63) is 77.7 Å². The Morgan fingerprint density at radius 1 is 1.02 bits per heavy atom. The molecule has 5 rings (SSSR count). The van der Waals surface area contributed by atoms with Crippen molar-refractivity contribution in [2.75, 3.05) is 38.7 Å². The van der Waals surface area contributed by atoms with Gasteiger partial charge in [-0.05, 0) is 88.2 Å². The van der Waals surface area contributed by atoms with E-state index in [2.05, 4.69) is 10.1 Å². The molecule has 1 unspecified atom stereocenters. The van der Waals surface area contributed by atoms with Crippen LogP contribution in [0.25, 0.3) is 11.0 Å². The molecule has 0 saturated carbocycles. The van der Waals surface area contributed by atoms with E-state index >= 15 is 0 Å². The number of phenolic OH excluding ortho intramolecular Hbond substituents is 2. The summed E-state index contributed by atoms with van der Waals surface area (Å²) in [6, 6.07) is 16.1. The molecule has 2 heterocycles. The average molecular weight is 643 g/mol. The number of ketones is 1. The number of nitrogens with zero attached hydrogens (tertiary/aromatic N) is 2. The number of phenols is 2. The maximum absolute atomic E-state index is 13.3. The number of ether oxygens (including phenoxy) is 2. The number of carbonyl (C=O) groups is 1. The predicted molar refractivity (Wildman–Crippen MR) is 170 cm³/mol. The molecule has 1 saturated heterocycles. The third-order valence-electron chi connectivity index (χ3n) is 7.47. The van der Waals surface area contributed by atoms with Gasteiger partial charge in [0.25, 0.3) is 0 Å². The monoisotopic (exact) mass is 642 g/mol. The van der Waals surface area contributed by atoms with Crippen molar-refractivity contribution in [2.45, 2.75) is 51.0 Å². The summed E-state index contributed by atoms with van der Waals surface area (Å²) in [5.74, 6) is 1.29. The summed E-state index contributed by atoms with van der Waals surface area (Å²) in [5.41, 5.74) is 1.83. The highest BCUT2D eigenvalue weighted by Crippen LogP contribution is 2.33. The van der Waals surface area contributed by atoms with E-state index < -0.39 is 6.10 Å². The van der Waals surface area contributed by atoms with Gasteiger partial charge in [0.05, 0.1) is 25.0 Å². The lowest BCUT2D eigenvalue weighted by molar-refractivity contribution is 0.0900. The fourth-order valence-electron chi connectivity index (χ4n) is 5.14. The molecule has 242 valence electrons. The smallest absolute Gasteiger partial charge is 0.170 e. The van der Waals surface area contributed by atoms with Gasteiger partial charge in [0.15, 0.2) is 34.4 Å². The van der Waals surface area contributed by atoms with Crippen LogP contribution in [0.3, 0.4) is 0 Å². The Kier molecular flexibility index (Phi) is 12.9. The van der Waals surface area contributed by atoms with Gasteiger partial charge in [0.2, 0.25) is 0 Å². The van der Waals surface area contributed by atoms with Gasteiger partial charge in [0, 0.05) is 41.8 Å². The van der Waals surface area contributed by atoms with Crippen molar-refractivity contribution in [1.29, 1.82) is 0 Å². The van der Waals surface area contributed by atoms with Gasteiger partial charge in [-0.15, -0.1) is 11.6 Å². The van der Waals surface area contributed by atoms with E-state index in [1.54, 1.807) is 43.3 Å². The summed E-state index contributed by atoms with van der Waals surface area (Å²) < 4.78 is 29.5. The number of para-hydroxylation sites is 2. The molecule has 3 N–H and O–H groups in total. The van der Waals surface area contributed by atoms with Gasteiger partial charge < -0.3 is 34.2 Å². The van der Waals surface area contributed by atoms with E-state index in [4.69, 9.17) is 30.7 Å². The van der Waals surface area contributed by atoms with Crippen LogP contribution in [0.15, 0.2) is 65.2 Å². The van der Waals surface area contributed by atoms with Crippen LogP contribution in [-0.2, 0) is 0 Å². The first-order valence-corrected chi connectivity index (χ1v) is 15.7. The predicted octanol–water partition coefficient (Wildman–Crippen LogP) is 6.67. The number of likely N-dealkylation sites (tertiary alicyclic amines) is 1. The topological polar surface area (TPSA) is 125 Å². The van der Waals surface area contributed by atoms with Gasteiger partial charge in [-0.3, -0.25) is 4.79 Å². The van der Waals surface area contributed by atoms with Crippen molar-refractivity contribution in [3.8, 4) is 23.0 Å². The minimum atomic E-state index is -0.695. The molecule has 0 radical (unpaired) electrons. The number of rotatable bonds is 13. The second kappa shape index (κ2) is 17.0. The number of aliphatic hydroxyl groups is 1. The number of fused-ring (bicyclic) bond motifs is 1. The highest BCUT2D eigenvalue weighted by molar-refractivity contribution is 6.17. The minimum Gasteiger partial charge on any atom is -0.504 e. The van der Waals surface area contributed by atoms with E-state index in [0.29, 0.717) is 54.1 Å². The number of aliphatic hydroxyl groups excluding tert-OH is 1. The van der Waals surface area contributed by atoms with Crippen molar-refractivity contribution in [1.82, 2.24) is 10.1 Å². The first-order valence-electron chi connectivity index (χ1n) is 15.2. The number of benzene rings is 3. The molecule has 9 nitrogen and oxygen atoms in total. The third-order valence-corrected chi connectivity index (χ3v) is 7.74. The molecular weight excluding hydrogens is 603 g/mol. The number of hydrogen-bond acceptors (Lipinski definition) is 9. The molecule has 1 fully saturated rings. The molecule has 0 amide bonds. The van der Waals surface area contributed by atoms with Crippen LogP contribution in [0.2, 0.25) is 0 Å². The van der Waals surface area contributed by atoms with E-state index in [1.807, 2.05) is 6.07 Å². The Morgan fingerprint density at radius 2 is 1.73 bits per heavy atom. The molecule has 0 spiro atoms. The SMILES string of the molecule is CC(O)CC(=O)c1ccc(OCCCCl)c(O)c1.Oc1ccccc1OCCCN1CCC(c2noc3cc(F)ccc23)CC1. The van der Waals surface area contributed by atoms with Gasteiger partial charge in [-0.25, -0.2) is 4.39 Å². The molecule has 4 aromatic rings. The molecule has 1 aromatic heterocycles. The first kappa shape index (κ1) is 34.0. The molecule has 11 heteroatoms. The number of Topliss-reactive ketones (excluding diaryl/α,β-unsaturated/α-hetero) is 1. The van der Waals surface area contributed by atoms with E-state index in [9.17, 15) is 19.4 Å². The lowest BCUT2D eigenvalue weighted by Crippen LogP contribution is -2.34. The van der Waals surface area contributed by atoms with Crippen LogP contribution in [0.5, 0.6) is 23.0 Å². The Hall–Kier alpha value is -3.86. The number of halogens is 2. The zero-order chi connectivity index (χ0) is 32.2. The summed E-state index contributed by atoms with van der Waals surface area (Å²) in [4.78, 5) is 14.1. The standard InChI is InChI=1S/C21H23FN2O3.C13H17ClO4/c22-16-6-7-17-20(14-16)27-23-21(17)15-8-11-24(12-9-15)10-3-13-26-19-5-2-1-4-18(19)25;1-9(15)7-11(16)10-3-4-13(12(17)8-10)18-6-2-5-14/h1-2,4-7,14-15,25H,3,8-13H2;3-4,8-9,15,17H,2,5-7H2,1H3. The molecule has 3 aromatic carbocycles. The largest absolute Gasteiger partial charge is 0.504 e. The number of aromatic nitrogens is 1. The fourth-order valence-corrected chi connectivity index (χ4v) is 5.25. The lowest BCUT2D eigenvalue weighted by Gasteiger charge is -2.31. The maximum atomic E-state index is 13.3. The molecule has 45 heavy (non-hydrogen) atoms. The quantitative estimate of drug-likeness (QED) is 0.0832. The van der Waals surface area contributed by atoms with Crippen molar-refractivity contribution >= 4 is 28.4 Å². The normalized spacial score (nSPS) is 14.5. The molecule has 1 aliphatic heterocycles. The maximum Gasteiger partial charge on any atom is 0.170 e. The van der Waals surface area contributed by atoms with Crippen LogP contribution in [0.4, 0.5) is 4.39 Å². The van der Waals surface area contributed by atoms with Gasteiger partial charge in [-0.2, -0.15) is 0 Å². The van der Waals surface area contributed by atoms with E-state index in [1.165, 1.54) is 18.2 Å². The minimum absolute atomic E-state index is 0.0336. The summed E-state index contributed by atoms with van der Waals surface area (Å²) in [7, 11) is 0. The number of alkyl halides is 1. The van der Waals surface area contributed by atoms with Crippen LogP contribution < -0.4 is 9.47 Å². The number of aromatic hydroxyl groups is 2. The number of piperidine rings is 1. The molecule has 0 bridgehead atoms. The Labute approximate surface area is 267 Å². The number of hydrogen-bond donors (Lipinski definition) is 3. The second-order valence-corrected chi connectivity index (χ2v) is 11.4. The Balaban J connectivity index is 0.000000224. The Bertz CT molecular complexity index is 1520. The zero-order valence-corrected chi connectivity index (χ0v) is 26.1. The highest BCUT2D eigenvalue weighted by Gasteiger charge is 2.25. The Morgan fingerprint density at radius 3 is 2.42 bits per heavy atom. The van der Waals surface area contributed by atoms with E-state index in [0.717, 1.165) is 50.0 Å². The van der Waals surface area contributed by atoms with Crippen molar-refractivity contribution in [3.63, 3.8) is 0 Å². The van der Waals surface area contributed by atoms with Crippen molar-refractivity contribution in [2.24, 2.45) is 0 Å². The highest BCUT2D eigenvalue weighted by atomic mass is 35.5. The van der Waals surface area contributed by atoms with Gasteiger partial charge >= 0.3 is 0 Å². The summed E-state index contributed by atoms with van der Waals surface area (Å²) in [6.45, 7) is 5.50. The van der Waals surface area contributed by atoms with Crippen LogP contribution in [0, 0.1) is 5.82 Å². The molecule has 1 aliphatic rings. The summed E-state index contributed by atoms with van der Waals surface area (Å²) in [5, 5.41) is 33.7. The molecule has 0 aliphatic carbocycles. The number of carbonyl (C=O) groups excluding carboxylic acids is 1. The summed E-state index contributed by atoms with van der Waals surface area (Å²) >= 11 is 5.51.